The highest BCUT2D eigenvalue weighted by molar-refractivity contribution is 6.29. The van der Waals surface area contributed by atoms with Crippen LogP contribution in [0, 0.1) is 0 Å². The lowest BCUT2D eigenvalue weighted by molar-refractivity contribution is -0.140. The predicted molar refractivity (Wildman–Crippen MR) is 75.0 cm³/mol. The summed E-state index contributed by atoms with van der Waals surface area (Å²) in [6.45, 7) is 5.90. The van der Waals surface area contributed by atoms with Crippen molar-refractivity contribution in [2.75, 3.05) is 0 Å². The quantitative estimate of drug-likeness (QED) is 0.839. The maximum atomic E-state index is 12.2. The van der Waals surface area contributed by atoms with Gasteiger partial charge in [0.25, 0.3) is 5.91 Å². The van der Waals surface area contributed by atoms with Crippen LogP contribution < -0.4 is 5.32 Å². The lowest BCUT2D eigenvalue weighted by Gasteiger charge is -2.19. The summed E-state index contributed by atoms with van der Waals surface area (Å²) in [4.78, 5) is 27.5. The highest BCUT2D eigenvalue weighted by Gasteiger charge is 2.51. The molecule has 0 aromatic carbocycles. The van der Waals surface area contributed by atoms with E-state index in [4.69, 9.17) is 16.7 Å². The average molecular weight is 297 g/mol. The molecule has 1 saturated carbocycles. The van der Waals surface area contributed by atoms with Gasteiger partial charge in [-0.15, -0.1) is 0 Å². The van der Waals surface area contributed by atoms with Gasteiger partial charge in [-0.3, -0.25) is 4.79 Å². The number of rotatable bonds is 3. The number of pyridine rings is 1. The van der Waals surface area contributed by atoms with Gasteiger partial charge in [0.1, 0.15) is 10.7 Å². The summed E-state index contributed by atoms with van der Waals surface area (Å²) >= 11 is 5.94. The van der Waals surface area contributed by atoms with Crippen LogP contribution >= 0.6 is 11.6 Å². The van der Waals surface area contributed by atoms with E-state index in [0.717, 1.165) is 0 Å². The smallest absolute Gasteiger partial charge is 0.329 e. The van der Waals surface area contributed by atoms with Gasteiger partial charge in [0.15, 0.2) is 0 Å². The number of hydrogen-bond acceptors (Lipinski definition) is 3. The maximum Gasteiger partial charge on any atom is 0.329 e. The Morgan fingerprint density at radius 2 is 1.95 bits per heavy atom. The number of carboxylic acids is 1. The van der Waals surface area contributed by atoms with Crippen LogP contribution in [0.25, 0.3) is 0 Å². The van der Waals surface area contributed by atoms with E-state index in [-0.39, 0.29) is 10.6 Å². The first-order chi connectivity index (χ1) is 9.14. The van der Waals surface area contributed by atoms with Crippen LogP contribution in [0.1, 0.15) is 49.7 Å². The molecular weight excluding hydrogens is 280 g/mol. The number of hydrogen-bond donors (Lipinski definition) is 2. The Morgan fingerprint density at radius 1 is 1.35 bits per heavy atom. The van der Waals surface area contributed by atoms with Crippen LogP contribution in [-0.2, 0) is 10.2 Å². The normalized spacial score (nSPS) is 16.6. The van der Waals surface area contributed by atoms with E-state index in [1.165, 1.54) is 6.07 Å². The molecule has 0 bridgehead atoms. The molecule has 6 heteroatoms. The topological polar surface area (TPSA) is 79.3 Å². The van der Waals surface area contributed by atoms with Gasteiger partial charge in [0.2, 0.25) is 0 Å². The van der Waals surface area contributed by atoms with Crippen LogP contribution in [0.3, 0.4) is 0 Å². The SMILES string of the molecule is CC(C)(C)c1cc(C(=O)NC2(C(=O)O)CC2)cc(Cl)n1. The zero-order chi connectivity index (χ0) is 15.1. The number of carbonyl (C=O) groups is 2. The third-order valence-electron chi connectivity index (χ3n) is 3.34. The lowest BCUT2D eigenvalue weighted by atomic mass is 9.91. The summed E-state index contributed by atoms with van der Waals surface area (Å²) in [5.74, 6) is -1.43. The highest BCUT2D eigenvalue weighted by atomic mass is 35.5. The van der Waals surface area contributed by atoms with Crippen LogP contribution in [-0.4, -0.2) is 27.5 Å². The zero-order valence-corrected chi connectivity index (χ0v) is 12.4. The Hall–Kier alpha value is -1.62. The Balaban J connectivity index is 2.27. The van der Waals surface area contributed by atoms with Crippen LogP contribution in [0.5, 0.6) is 0 Å². The molecular formula is C14H17ClN2O3. The molecule has 2 rings (SSSR count). The van der Waals surface area contributed by atoms with E-state index in [1.807, 2.05) is 20.8 Å². The number of nitrogens with one attached hydrogen (secondary N) is 1. The molecule has 0 aliphatic heterocycles. The first-order valence-electron chi connectivity index (χ1n) is 6.38. The number of aliphatic carboxylic acids is 1. The van der Waals surface area contributed by atoms with Crippen molar-refractivity contribution in [2.45, 2.75) is 44.6 Å². The fourth-order valence-corrected chi connectivity index (χ4v) is 2.03. The third kappa shape index (κ3) is 2.93. The van der Waals surface area contributed by atoms with Crippen molar-refractivity contribution in [1.29, 1.82) is 0 Å². The van der Waals surface area contributed by atoms with Gasteiger partial charge in [0.05, 0.1) is 0 Å². The molecule has 1 aromatic rings. The van der Waals surface area contributed by atoms with Gasteiger partial charge in [-0.25, -0.2) is 9.78 Å². The summed E-state index contributed by atoms with van der Waals surface area (Å²) in [5, 5.41) is 11.9. The molecule has 0 radical (unpaired) electrons. The molecule has 108 valence electrons. The van der Waals surface area contributed by atoms with Gasteiger partial charge >= 0.3 is 5.97 Å². The molecule has 1 fully saturated rings. The molecule has 0 atom stereocenters. The van der Waals surface area contributed by atoms with Gasteiger partial charge < -0.3 is 10.4 Å². The second kappa shape index (κ2) is 4.74. The Bertz CT molecular complexity index is 574. The molecule has 1 aliphatic carbocycles. The number of halogens is 1. The maximum absolute atomic E-state index is 12.2. The molecule has 1 aliphatic rings. The van der Waals surface area contributed by atoms with Gasteiger partial charge in [-0.1, -0.05) is 32.4 Å². The molecule has 1 heterocycles. The van der Waals surface area contributed by atoms with Crippen molar-refractivity contribution in [2.24, 2.45) is 0 Å². The summed E-state index contributed by atoms with van der Waals surface area (Å²) in [7, 11) is 0. The number of nitrogens with zero attached hydrogens (tertiary/aromatic N) is 1. The lowest BCUT2D eigenvalue weighted by Crippen LogP contribution is -2.43. The number of carboxylic acid groups (broad SMARTS) is 1. The standard InChI is InChI=1S/C14H17ClN2O3/c1-13(2,3)9-6-8(7-10(15)16-9)11(18)17-14(4-5-14)12(19)20/h6-7H,4-5H2,1-3H3,(H,17,18)(H,19,20). The van der Waals surface area contributed by atoms with Crippen molar-refractivity contribution in [3.8, 4) is 0 Å². The predicted octanol–water partition coefficient (Wildman–Crippen LogP) is 2.38. The minimum atomic E-state index is -1.10. The first-order valence-corrected chi connectivity index (χ1v) is 6.76. The third-order valence-corrected chi connectivity index (χ3v) is 3.53. The van der Waals surface area contributed by atoms with E-state index >= 15 is 0 Å². The molecule has 5 nitrogen and oxygen atoms in total. The molecule has 0 unspecified atom stereocenters. The zero-order valence-electron chi connectivity index (χ0n) is 11.7. The van der Waals surface area contributed by atoms with E-state index in [0.29, 0.717) is 24.1 Å². The van der Waals surface area contributed by atoms with E-state index in [1.54, 1.807) is 6.07 Å². The number of amides is 1. The molecule has 20 heavy (non-hydrogen) atoms. The van der Waals surface area contributed by atoms with Gasteiger partial charge in [0, 0.05) is 16.7 Å². The summed E-state index contributed by atoms with van der Waals surface area (Å²) in [6, 6.07) is 3.10. The largest absolute Gasteiger partial charge is 0.480 e. The number of aromatic nitrogens is 1. The Labute approximate surface area is 122 Å². The molecule has 0 saturated heterocycles. The molecule has 0 spiro atoms. The van der Waals surface area contributed by atoms with Crippen molar-refractivity contribution >= 4 is 23.5 Å². The van der Waals surface area contributed by atoms with Crippen molar-refractivity contribution in [1.82, 2.24) is 10.3 Å². The molecule has 1 amide bonds. The average Bonchev–Trinajstić information content (AvgIpc) is 3.08. The Kier molecular flexibility index (Phi) is 3.50. The van der Waals surface area contributed by atoms with Crippen LogP contribution in [0.4, 0.5) is 0 Å². The summed E-state index contributed by atoms with van der Waals surface area (Å²) in [5.41, 5.74) is -0.323. The first kappa shape index (κ1) is 14.8. The molecule has 2 N–H and O–H groups in total. The van der Waals surface area contributed by atoms with E-state index in [9.17, 15) is 9.59 Å². The highest BCUT2D eigenvalue weighted by Crippen LogP contribution is 2.36. The fourth-order valence-electron chi connectivity index (χ4n) is 1.82. The van der Waals surface area contributed by atoms with Crippen molar-refractivity contribution < 1.29 is 14.7 Å². The summed E-state index contributed by atoms with van der Waals surface area (Å²) < 4.78 is 0. The second-order valence-corrected chi connectivity index (χ2v) is 6.54. The van der Waals surface area contributed by atoms with Crippen molar-refractivity contribution in [3.63, 3.8) is 0 Å². The monoisotopic (exact) mass is 296 g/mol. The van der Waals surface area contributed by atoms with Crippen molar-refractivity contribution in [3.05, 3.63) is 28.5 Å². The van der Waals surface area contributed by atoms with E-state index < -0.39 is 17.4 Å². The fraction of sp³-hybridized carbons (Fsp3) is 0.500. The minimum Gasteiger partial charge on any atom is -0.480 e. The van der Waals surface area contributed by atoms with Crippen LogP contribution in [0.2, 0.25) is 5.15 Å². The van der Waals surface area contributed by atoms with Gasteiger partial charge in [-0.2, -0.15) is 0 Å². The van der Waals surface area contributed by atoms with Gasteiger partial charge in [-0.05, 0) is 25.0 Å². The molecule has 1 aromatic heterocycles. The second-order valence-electron chi connectivity index (χ2n) is 6.16. The summed E-state index contributed by atoms with van der Waals surface area (Å²) in [6.07, 6.45) is 0.915. The minimum absolute atomic E-state index is 0.225. The Morgan fingerprint density at radius 3 is 2.40 bits per heavy atom. The van der Waals surface area contributed by atoms with E-state index in [2.05, 4.69) is 10.3 Å². The number of carbonyl (C=O) groups excluding carboxylic acids is 1. The van der Waals surface area contributed by atoms with Crippen LogP contribution in [0.15, 0.2) is 12.1 Å².